The molecule has 0 fully saturated rings. The molecule has 0 radical (unpaired) electrons. The zero-order chi connectivity index (χ0) is 11.6. The molecule has 0 saturated carbocycles. The smallest absolute Gasteiger partial charge is 0.323 e. The van der Waals surface area contributed by atoms with Crippen molar-refractivity contribution in [3.8, 4) is 0 Å². The summed E-state index contributed by atoms with van der Waals surface area (Å²) in [6, 6.07) is 0. The van der Waals surface area contributed by atoms with Gasteiger partial charge in [0, 0.05) is 6.42 Å². The van der Waals surface area contributed by atoms with Gasteiger partial charge in [-0.1, -0.05) is 6.08 Å². The molecule has 0 saturated heterocycles. The van der Waals surface area contributed by atoms with Crippen LogP contribution in [0.15, 0.2) is 23.8 Å². The number of ketones is 2. The highest BCUT2D eigenvalue weighted by atomic mass is 16.4. The lowest BCUT2D eigenvalue weighted by Crippen LogP contribution is -2.45. The van der Waals surface area contributed by atoms with Gasteiger partial charge in [-0.05, 0) is 24.6 Å². The van der Waals surface area contributed by atoms with E-state index in [1.807, 2.05) is 0 Å². The molecule has 0 bridgehead atoms. The Balaban J connectivity index is 2.82. The van der Waals surface area contributed by atoms with Gasteiger partial charge in [0.05, 0.1) is 0 Å². The molecule has 1 unspecified atom stereocenters. The Morgan fingerprint density at radius 1 is 1.40 bits per heavy atom. The second-order valence-corrected chi connectivity index (χ2v) is 3.68. The van der Waals surface area contributed by atoms with E-state index in [0.29, 0.717) is 5.57 Å². The highest BCUT2D eigenvalue weighted by Gasteiger charge is 2.29. The Hall–Kier alpha value is -1.75. The topological polar surface area (TPSA) is 97.5 Å². The Kier molecular flexibility index (Phi) is 2.85. The summed E-state index contributed by atoms with van der Waals surface area (Å²) in [5.41, 5.74) is 4.52. The summed E-state index contributed by atoms with van der Waals surface area (Å²) in [4.78, 5) is 32.5. The maximum Gasteiger partial charge on any atom is 0.323 e. The molecule has 1 rings (SSSR count). The van der Waals surface area contributed by atoms with Gasteiger partial charge in [-0.2, -0.15) is 0 Å². The fraction of sp³-hybridized carbons (Fsp3) is 0.300. The molecule has 1 aliphatic rings. The Morgan fingerprint density at radius 2 is 2.00 bits per heavy atom. The zero-order valence-electron chi connectivity index (χ0n) is 8.19. The van der Waals surface area contributed by atoms with Crippen LogP contribution < -0.4 is 5.73 Å². The molecule has 0 aromatic heterocycles. The Labute approximate surface area is 86.3 Å². The lowest BCUT2D eigenvalue weighted by molar-refractivity contribution is -0.142. The predicted molar refractivity (Wildman–Crippen MR) is 52.1 cm³/mol. The Morgan fingerprint density at radius 3 is 2.47 bits per heavy atom. The number of carbonyl (C=O) groups excluding carboxylic acids is 2. The highest BCUT2D eigenvalue weighted by Crippen LogP contribution is 2.17. The molecule has 5 nitrogen and oxygen atoms in total. The van der Waals surface area contributed by atoms with Crippen molar-refractivity contribution in [1.29, 1.82) is 0 Å². The van der Waals surface area contributed by atoms with Gasteiger partial charge in [-0.3, -0.25) is 14.4 Å². The lowest BCUT2D eigenvalue weighted by Gasteiger charge is -2.20. The van der Waals surface area contributed by atoms with Crippen molar-refractivity contribution in [2.75, 3.05) is 0 Å². The second kappa shape index (κ2) is 3.78. The number of nitrogens with two attached hydrogens (primary N) is 1. The van der Waals surface area contributed by atoms with Crippen LogP contribution in [0.2, 0.25) is 0 Å². The minimum atomic E-state index is -1.43. The van der Waals surface area contributed by atoms with E-state index in [0.717, 1.165) is 12.2 Å². The SMILES string of the molecule is CC(N)(CC1=CC(=O)C(=O)C=C1)C(=O)O. The van der Waals surface area contributed by atoms with Crippen molar-refractivity contribution in [2.45, 2.75) is 18.9 Å². The molecule has 3 N–H and O–H groups in total. The number of allylic oxidation sites excluding steroid dienone is 3. The predicted octanol–water partition coefficient (Wildman–Crippen LogP) is -0.187. The first-order valence-corrected chi connectivity index (χ1v) is 4.32. The summed E-state index contributed by atoms with van der Waals surface area (Å²) >= 11 is 0. The van der Waals surface area contributed by atoms with Crippen LogP contribution in [-0.2, 0) is 14.4 Å². The standard InChI is InChI=1S/C10H11NO4/c1-10(11,9(14)15)5-6-2-3-7(12)8(13)4-6/h2-4H,5,11H2,1H3,(H,14,15). The number of rotatable bonds is 3. The van der Waals surface area contributed by atoms with Gasteiger partial charge in [0.1, 0.15) is 5.54 Å². The Bertz CT molecular complexity index is 390. The molecule has 0 amide bonds. The van der Waals surface area contributed by atoms with Crippen molar-refractivity contribution in [1.82, 2.24) is 0 Å². The normalized spacial score (nSPS) is 19.7. The quantitative estimate of drug-likeness (QED) is 0.496. The number of hydrogen-bond acceptors (Lipinski definition) is 4. The first-order valence-electron chi connectivity index (χ1n) is 4.32. The fourth-order valence-electron chi connectivity index (χ4n) is 1.16. The van der Waals surface area contributed by atoms with Crippen molar-refractivity contribution in [3.63, 3.8) is 0 Å². The van der Waals surface area contributed by atoms with Gasteiger partial charge in [-0.15, -0.1) is 0 Å². The molecular formula is C10H11NO4. The third-order valence-electron chi connectivity index (χ3n) is 2.07. The summed E-state index contributed by atoms with van der Waals surface area (Å²) in [5.74, 6) is -2.40. The van der Waals surface area contributed by atoms with Crippen molar-refractivity contribution in [3.05, 3.63) is 23.8 Å². The zero-order valence-corrected chi connectivity index (χ0v) is 8.19. The molecular weight excluding hydrogens is 198 g/mol. The van der Waals surface area contributed by atoms with Crippen LogP contribution in [-0.4, -0.2) is 28.2 Å². The average molecular weight is 209 g/mol. The lowest BCUT2D eigenvalue weighted by atomic mass is 9.91. The monoisotopic (exact) mass is 209 g/mol. The van der Waals surface area contributed by atoms with Crippen molar-refractivity contribution < 1.29 is 19.5 Å². The van der Waals surface area contributed by atoms with Crippen LogP contribution in [0.3, 0.4) is 0 Å². The summed E-state index contributed by atoms with van der Waals surface area (Å²) in [6.45, 7) is 1.35. The van der Waals surface area contributed by atoms with Crippen LogP contribution in [0.25, 0.3) is 0 Å². The molecule has 0 aromatic rings. The van der Waals surface area contributed by atoms with E-state index in [9.17, 15) is 14.4 Å². The molecule has 5 heteroatoms. The first-order chi connectivity index (χ1) is 6.83. The number of hydrogen-bond donors (Lipinski definition) is 2. The maximum absolute atomic E-state index is 11.0. The van der Waals surface area contributed by atoms with Crippen molar-refractivity contribution in [2.24, 2.45) is 5.73 Å². The molecule has 0 spiro atoms. The van der Waals surface area contributed by atoms with Crippen molar-refractivity contribution >= 4 is 17.5 Å². The third kappa shape index (κ3) is 2.60. The summed E-state index contributed by atoms with van der Waals surface area (Å²) in [7, 11) is 0. The number of carboxylic acid groups (broad SMARTS) is 1. The third-order valence-corrected chi connectivity index (χ3v) is 2.07. The van der Waals surface area contributed by atoms with E-state index in [1.165, 1.54) is 13.0 Å². The van der Waals surface area contributed by atoms with E-state index in [4.69, 9.17) is 10.8 Å². The van der Waals surface area contributed by atoms with Crippen LogP contribution >= 0.6 is 0 Å². The summed E-state index contributed by atoms with van der Waals surface area (Å²) < 4.78 is 0. The molecule has 1 aliphatic carbocycles. The maximum atomic E-state index is 11.0. The molecule has 0 heterocycles. The van der Waals surface area contributed by atoms with Gasteiger partial charge in [0.2, 0.25) is 11.6 Å². The number of carbonyl (C=O) groups is 3. The van der Waals surface area contributed by atoms with Gasteiger partial charge in [0.15, 0.2) is 0 Å². The second-order valence-electron chi connectivity index (χ2n) is 3.68. The first kappa shape index (κ1) is 11.3. The molecule has 0 aliphatic heterocycles. The van der Waals surface area contributed by atoms with Gasteiger partial charge in [-0.25, -0.2) is 0 Å². The summed E-state index contributed by atoms with van der Waals surface area (Å²) in [6.07, 6.45) is 3.67. The fourth-order valence-corrected chi connectivity index (χ4v) is 1.16. The van der Waals surface area contributed by atoms with Gasteiger partial charge in [0.25, 0.3) is 0 Å². The minimum Gasteiger partial charge on any atom is -0.480 e. The van der Waals surface area contributed by atoms with E-state index in [-0.39, 0.29) is 6.42 Å². The van der Waals surface area contributed by atoms with Gasteiger partial charge >= 0.3 is 5.97 Å². The molecule has 80 valence electrons. The largest absolute Gasteiger partial charge is 0.480 e. The van der Waals surface area contributed by atoms with Crippen LogP contribution in [0.1, 0.15) is 13.3 Å². The summed E-state index contributed by atoms with van der Waals surface area (Å²) in [5, 5.41) is 8.76. The number of aliphatic carboxylic acids is 1. The van der Waals surface area contributed by atoms with Crippen LogP contribution in [0.5, 0.6) is 0 Å². The van der Waals surface area contributed by atoms with Crippen LogP contribution in [0.4, 0.5) is 0 Å². The number of carboxylic acids is 1. The molecule has 1 atom stereocenters. The van der Waals surface area contributed by atoms with E-state index in [2.05, 4.69) is 0 Å². The van der Waals surface area contributed by atoms with E-state index in [1.54, 1.807) is 0 Å². The molecule has 0 aromatic carbocycles. The minimum absolute atomic E-state index is 0.0118. The van der Waals surface area contributed by atoms with Gasteiger partial charge < -0.3 is 10.8 Å². The van der Waals surface area contributed by atoms with Crippen LogP contribution in [0, 0.1) is 0 Å². The highest BCUT2D eigenvalue weighted by molar-refractivity contribution is 6.46. The molecule has 15 heavy (non-hydrogen) atoms. The van der Waals surface area contributed by atoms with E-state index < -0.39 is 23.1 Å². The average Bonchev–Trinajstić information content (AvgIpc) is 2.10. The van der Waals surface area contributed by atoms with E-state index >= 15 is 0 Å².